The molecule has 41 heavy (non-hydrogen) atoms. The molecule has 3 aromatic rings. The highest BCUT2D eigenvalue weighted by molar-refractivity contribution is 5.96. The first-order chi connectivity index (χ1) is 18.7. The largest absolute Gasteiger partial charge is 0.312 e. The number of carbonyl (C=O) groups excluding carboxylic acids is 1. The summed E-state index contributed by atoms with van der Waals surface area (Å²) in [6, 6.07) is 21.1. The number of nitrogens with zero attached hydrogens (tertiary/aromatic N) is 1. The molecule has 1 amide bonds. The van der Waals surface area contributed by atoms with Crippen molar-refractivity contribution in [1.29, 1.82) is 0 Å². The van der Waals surface area contributed by atoms with Gasteiger partial charge in [0, 0.05) is 18.7 Å². The molecule has 1 aliphatic rings. The van der Waals surface area contributed by atoms with Crippen LogP contribution in [0.4, 0.5) is 5.69 Å². The molecule has 1 aliphatic heterocycles. The molecule has 0 unspecified atom stereocenters. The number of piperidine rings is 1. The zero-order valence-electron chi connectivity index (χ0n) is 27.9. The summed E-state index contributed by atoms with van der Waals surface area (Å²) >= 11 is 0. The molecule has 1 saturated heterocycles. The molecule has 2 heteroatoms. The Bertz CT molecular complexity index is 1270. The molecule has 1 heterocycles. The van der Waals surface area contributed by atoms with Gasteiger partial charge in [-0.1, -0.05) is 119 Å². The van der Waals surface area contributed by atoms with Gasteiger partial charge in [0.15, 0.2) is 0 Å². The molecule has 0 N–H and O–H groups in total. The van der Waals surface area contributed by atoms with Crippen molar-refractivity contribution in [2.24, 2.45) is 0 Å². The molecule has 0 spiro atoms. The quantitative estimate of drug-likeness (QED) is 0.317. The van der Waals surface area contributed by atoms with E-state index in [9.17, 15) is 4.79 Å². The van der Waals surface area contributed by atoms with Crippen molar-refractivity contribution in [3.63, 3.8) is 0 Å². The Kier molecular flexibility index (Phi) is 8.15. The summed E-state index contributed by atoms with van der Waals surface area (Å²) in [6.07, 6.45) is 2.65. The van der Waals surface area contributed by atoms with Crippen LogP contribution in [0.3, 0.4) is 0 Å². The Hall–Kier alpha value is -2.87. The van der Waals surface area contributed by atoms with E-state index in [0.29, 0.717) is 6.42 Å². The summed E-state index contributed by atoms with van der Waals surface area (Å²) in [4.78, 5) is 15.2. The highest BCUT2D eigenvalue weighted by atomic mass is 16.2. The number of carbonyl (C=O) groups is 1. The number of benzene rings is 3. The van der Waals surface area contributed by atoms with Gasteiger partial charge < -0.3 is 4.90 Å². The van der Waals surface area contributed by atoms with Crippen molar-refractivity contribution >= 4 is 11.6 Å². The van der Waals surface area contributed by atoms with Crippen LogP contribution >= 0.6 is 0 Å². The number of rotatable bonds is 3. The molecule has 0 radical (unpaired) electrons. The average molecular weight is 552 g/mol. The fourth-order valence-corrected chi connectivity index (χ4v) is 5.50. The summed E-state index contributed by atoms with van der Waals surface area (Å²) in [5.74, 6) is 0.233. The third-order valence-corrected chi connectivity index (χ3v) is 8.55. The van der Waals surface area contributed by atoms with Crippen LogP contribution in [0.5, 0.6) is 0 Å². The molecule has 0 aromatic heterocycles. The van der Waals surface area contributed by atoms with E-state index in [1.54, 1.807) is 0 Å². The molecular formula is C39H53NO. The minimum atomic E-state index is 0.0297. The number of hydrogen-bond acceptors (Lipinski definition) is 1. The van der Waals surface area contributed by atoms with Gasteiger partial charge in [0.25, 0.3) is 0 Å². The van der Waals surface area contributed by atoms with Crippen LogP contribution in [-0.4, -0.2) is 12.5 Å². The Morgan fingerprint density at radius 1 is 0.463 bits per heavy atom. The van der Waals surface area contributed by atoms with Gasteiger partial charge in [-0.05, 0) is 97.2 Å². The van der Waals surface area contributed by atoms with E-state index >= 15 is 0 Å². The van der Waals surface area contributed by atoms with Crippen molar-refractivity contribution in [2.75, 3.05) is 11.4 Å². The average Bonchev–Trinajstić information content (AvgIpc) is 2.86. The first-order valence-corrected chi connectivity index (χ1v) is 15.5. The zero-order chi connectivity index (χ0) is 30.5. The summed E-state index contributed by atoms with van der Waals surface area (Å²) in [6.45, 7) is 28.3. The second-order valence-corrected chi connectivity index (χ2v) is 16.4. The molecular weight excluding hydrogens is 498 g/mol. The maximum absolute atomic E-state index is 13.2. The molecule has 2 nitrogen and oxygen atoms in total. The van der Waals surface area contributed by atoms with E-state index in [1.165, 1.54) is 44.5 Å². The van der Waals surface area contributed by atoms with Crippen LogP contribution in [0, 0.1) is 0 Å². The highest BCUT2D eigenvalue weighted by Crippen LogP contribution is 2.40. The van der Waals surface area contributed by atoms with Crippen LogP contribution in [0.25, 0.3) is 22.3 Å². The van der Waals surface area contributed by atoms with Crippen LogP contribution in [0.15, 0.2) is 54.6 Å². The summed E-state index contributed by atoms with van der Waals surface area (Å²) in [7, 11) is 0. The van der Waals surface area contributed by atoms with Crippen LogP contribution < -0.4 is 4.90 Å². The van der Waals surface area contributed by atoms with Crippen molar-refractivity contribution in [2.45, 2.75) is 124 Å². The number of amides is 1. The highest BCUT2D eigenvalue weighted by Gasteiger charge is 2.25. The summed E-state index contributed by atoms with van der Waals surface area (Å²) in [5, 5.41) is 0. The molecule has 0 saturated carbocycles. The van der Waals surface area contributed by atoms with Gasteiger partial charge in [-0.25, -0.2) is 0 Å². The van der Waals surface area contributed by atoms with E-state index < -0.39 is 0 Å². The molecule has 3 aromatic carbocycles. The van der Waals surface area contributed by atoms with E-state index in [-0.39, 0.29) is 27.6 Å². The Morgan fingerprint density at radius 2 is 0.805 bits per heavy atom. The van der Waals surface area contributed by atoms with E-state index in [2.05, 4.69) is 138 Å². The smallest absolute Gasteiger partial charge is 0.226 e. The minimum Gasteiger partial charge on any atom is -0.312 e. The van der Waals surface area contributed by atoms with Gasteiger partial charge in [-0.2, -0.15) is 0 Å². The van der Waals surface area contributed by atoms with Crippen molar-refractivity contribution < 1.29 is 4.79 Å². The third-order valence-electron chi connectivity index (χ3n) is 8.55. The Morgan fingerprint density at radius 3 is 1.12 bits per heavy atom. The minimum absolute atomic E-state index is 0.0297. The van der Waals surface area contributed by atoms with Gasteiger partial charge >= 0.3 is 0 Å². The second-order valence-electron chi connectivity index (χ2n) is 16.4. The maximum Gasteiger partial charge on any atom is 0.226 e. The van der Waals surface area contributed by atoms with Crippen LogP contribution in [-0.2, 0) is 26.5 Å². The lowest BCUT2D eigenvalue weighted by Crippen LogP contribution is -2.35. The third kappa shape index (κ3) is 7.14. The van der Waals surface area contributed by atoms with Crippen LogP contribution in [0.1, 0.15) is 125 Å². The summed E-state index contributed by atoms with van der Waals surface area (Å²) in [5.41, 5.74) is 11.3. The lowest BCUT2D eigenvalue weighted by atomic mass is 9.78. The molecule has 0 atom stereocenters. The maximum atomic E-state index is 13.2. The van der Waals surface area contributed by atoms with Crippen molar-refractivity contribution in [3.05, 3.63) is 76.9 Å². The monoisotopic (exact) mass is 551 g/mol. The van der Waals surface area contributed by atoms with Gasteiger partial charge in [-0.15, -0.1) is 0 Å². The van der Waals surface area contributed by atoms with Crippen molar-refractivity contribution in [1.82, 2.24) is 0 Å². The van der Waals surface area contributed by atoms with Gasteiger partial charge in [0.2, 0.25) is 5.91 Å². The van der Waals surface area contributed by atoms with Gasteiger partial charge in [-0.3, -0.25) is 4.79 Å². The van der Waals surface area contributed by atoms with E-state index in [4.69, 9.17) is 0 Å². The second kappa shape index (κ2) is 10.8. The normalized spacial score (nSPS) is 15.4. The number of anilines is 1. The SMILES string of the molecule is CC(C)(C)c1cc(-c2cc(-c3cc(C(C)(C)C)cc(C(C)(C)C)c3)cc(N3CCCCC3=O)c2)cc(C(C)(C)C)c1. The molecule has 220 valence electrons. The van der Waals surface area contributed by atoms with Gasteiger partial charge in [0.1, 0.15) is 0 Å². The standard InChI is InChI=1S/C39H53NO/c1-36(2,3)30-18-28(19-31(24-30)37(4,5)6)26-17-27(23-34(22-26)40-16-14-13-15-35(40)41)29-20-32(38(7,8)9)25-33(21-29)39(10,11)12/h17-25H,13-16H2,1-12H3. The first-order valence-electron chi connectivity index (χ1n) is 15.5. The summed E-state index contributed by atoms with van der Waals surface area (Å²) < 4.78 is 0. The number of hydrogen-bond donors (Lipinski definition) is 0. The van der Waals surface area contributed by atoms with E-state index in [1.807, 2.05) is 4.90 Å². The predicted molar refractivity (Wildman–Crippen MR) is 178 cm³/mol. The lowest BCUT2D eigenvalue weighted by molar-refractivity contribution is -0.119. The first kappa shape index (κ1) is 31.1. The molecule has 1 fully saturated rings. The molecule has 4 rings (SSSR count). The Labute approximate surface area is 250 Å². The molecule has 0 bridgehead atoms. The topological polar surface area (TPSA) is 20.3 Å². The fourth-order valence-electron chi connectivity index (χ4n) is 5.50. The van der Waals surface area contributed by atoms with Gasteiger partial charge in [0.05, 0.1) is 0 Å². The molecule has 0 aliphatic carbocycles. The fraction of sp³-hybridized carbons (Fsp3) is 0.513. The van der Waals surface area contributed by atoms with Crippen molar-refractivity contribution in [3.8, 4) is 22.3 Å². The Balaban J connectivity index is 2.03. The zero-order valence-corrected chi connectivity index (χ0v) is 27.9. The predicted octanol–water partition coefficient (Wildman–Crippen LogP) is 10.7. The lowest BCUT2D eigenvalue weighted by Gasteiger charge is -2.29. The van der Waals surface area contributed by atoms with Crippen LogP contribution in [0.2, 0.25) is 0 Å². The van der Waals surface area contributed by atoms with E-state index in [0.717, 1.165) is 25.1 Å².